The van der Waals surface area contributed by atoms with Crippen LogP contribution in [0.3, 0.4) is 0 Å². The van der Waals surface area contributed by atoms with Crippen LogP contribution in [-0.2, 0) is 10.0 Å². The third kappa shape index (κ3) is 6.98. The minimum absolute atomic E-state index is 0.0937. The summed E-state index contributed by atoms with van der Waals surface area (Å²) in [5.74, 6) is 3.44. The summed E-state index contributed by atoms with van der Waals surface area (Å²) in [6.45, 7) is 6.66. The molecule has 0 radical (unpaired) electrons. The van der Waals surface area contributed by atoms with Crippen LogP contribution in [0.5, 0.6) is 0 Å². The molecule has 1 heterocycles. The highest BCUT2D eigenvalue weighted by molar-refractivity contribution is 7.99. The molecule has 0 aromatic rings. The zero-order valence-electron chi connectivity index (χ0n) is 15.7. The molecule has 0 aromatic heterocycles. The van der Waals surface area contributed by atoms with E-state index in [2.05, 4.69) is 22.5 Å². The molecule has 146 valence electrons. The van der Waals surface area contributed by atoms with Crippen LogP contribution in [0.4, 0.5) is 0 Å². The Morgan fingerprint density at radius 1 is 1.24 bits per heavy atom. The van der Waals surface area contributed by atoms with Crippen molar-refractivity contribution in [2.75, 3.05) is 43.4 Å². The van der Waals surface area contributed by atoms with Crippen molar-refractivity contribution in [2.45, 2.75) is 52.0 Å². The summed E-state index contributed by atoms with van der Waals surface area (Å²) in [5.41, 5.74) is 0. The minimum atomic E-state index is -3.18. The molecule has 1 saturated carbocycles. The van der Waals surface area contributed by atoms with E-state index in [9.17, 15) is 8.42 Å². The predicted octanol–water partition coefficient (Wildman–Crippen LogP) is 1.89. The lowest BCUT2D eigenvalue weighted by atomic mass is 9.84. The van der Waals surface area contributed by atoms with Gasteiger partial charge in [-0.15, -0.1) is 0 Å². The van der Waals surface area contributed by atoms with Gasteiger partial charge in [0.15, 0.2) is 5.96 Å². The van der Waals surface area contributed by atoms with Gasteiger partial charge in [-0.3, -0.25) is 4.99 Å². The second kappa shape index (κ2) is 10.6. The van der Waals surface area contributed by atoms with Crippen LogP contribution in [0, 0.1) is 5.92 Å². The molecule has 0 bridgehead atoms. The van der Waals surface area contributed by atoms with E-state index in [0.29, 0.717) is 25.7 Å². The minimum Gasteiger partial charge on any atom is -0.357 e. The highest BCUT2D eigenvalue weighted by Gasteiger charge is 2.24. The van der Waals surface area contributed by atoms with Gasteiger partial charge in [-0.05, 0) is 25.7 Å². The van der Waals surface area contributed by atoms with Crippen molar-refractivity contribution in [3.05, 3.63) is 0 Å². The van der Waals surface area contributed by atoms with Gasteiger partial charge < -0.3 is 10.6 Å². The fraction of sp³-hybridized carbons (Fsp3) is 0.941. The second-order valence-corrected chi connectivity index (χ2v) is 10.2. The van der Waals surface area contributed by atoms with Gasteiger partial charge in [0, 0.05) is 37.2 Å². The van der Waals surface area contributed by atoms with Crippen molar-refractivity contribution in [2.24, 2.45) is 10.9 Å². The Morgan fingerprint density at radius 2 is 2.00 bits per heavy atom. The lowest BCUT2D eigenvalue weighted by Crippen LogP contribution is -2.45. The summed E-state index contributed by atoms with van der Waals surface area (Å²) in [6, 6.07) is 0.451. The monoisotopic (exact) mass is 390 g/mol. The van der Waals surface area contributed by atoms with Crippen LogP contribution in [-0.4, -0.2) is 68.2 Å². The predicted molar refractivity (Wildman–Crippen MR) is 108 cm³/mol. The van der Waals surface area contributed by atoms with E-state index in [-0.39, 0.29) is 5.75 Å². The first-order valence-electron chi connectivity index (χ1n) is 9.65. The quantitative estimate of drug-likeness (QED) is 0.513. The number of sulfonamides is 1. The van der Waals surface area contributed by atoms with E-state index in [1.54, 1.807) is 4.31 Å². The number of nitrogens with one attached hydrogen (secondary N) is 2. The van der Waals surface area contributed by atoms with Crippen LogP contribution in [0.15, 0.2) is 4.99 Å². The SMILES string of the molecule is CCNC(=NCCS(=O)(=O)N1CCSCC1)NC1CCCC(CC)C1. The molecule has 0 amide bonds. The molecule has 6 nitrogen and oxygen atoms in total. The zero-order valence-corrected chi connectivity index (χ0v) is 17.3. The molecule has 1 aliphatic heterocycles. The molecule has 2 N–H and O–H groups in total. The smallest absolute Gasteiger partial charge is 0.215 e. The van der Waals surface area contributed by atoms with Crippen LogP contribution in [0.2, 0.25) is 0 Å². The van der Waals surface area contributed by atoms with E-state index < -0.39 is 10.0 Å². The third-order valence-electron chi connectivity index (χ3n) is 5.03. The summed E-state index contributed by atoms with van der Waals surface area (Å²) >= 11 is 1.82. The molecule has 2 rings (SSSR count). The van der Waals surface area contributed by atoms with Crippen LogP contribution in [0.1, 0.15) is 46.0 Å². The summed E-state index contributed by atoms with van der Waals surface area (Å²) in [5, 5.41) is 6.77. The summed E-state index contributed by atoms with van der Waals surface area (Å²) in [6.07, 6.45) is 6.18. The molecule has 1 aliphatic carbocycles. The number of thioether (sulfide) groups is 1. The molecule has 2 atom stereocenters. The molecule has 2 aliphatic rings. The first-order chi connectivity index (χ1) is 12.0. The normalized spacial score (nSPS) is 26.4. The number of nitrogens with zero attached hydrogens (tertiary/aromatic N) is 2. The molecule has 0 aromatic carbocycles. The summed E-state index contributed by atoms with van der Waals surface area (Å²) in [4.78, 5) is 4.52. The Balaban J connectivity index is 1.86. The average molecular weight is 391 g/mol. The Hall–Kier alpha value is -0.470. The fourth-order valence-electron chi connectivity index (χ4n) is 3.53. The largest absolute Gasteiger partial charge is 0.357 e. The van der Waals surface area contributed by atoms with Crippen molar-refractivity contribution in [3.63, 3.8) is 0 Å². The Bertz CT molecular complexity index is 519. The topological polar surface area (TPSA) is 73.8 Å². The van der Waals surface area contributed by atoms with Gasteiger partial charge in [0.2, 0.25) is 10.0 Å². The molecule has 2 fully saturated rings. The standard InChI is InChI=1S/C17H34N4O2S2/c1-3-15-6-5-7-16(14-15)20-17(18-4-2)19-8-13-25(22,23)21-9-11-24-12-10-21/h15-16H,3-14H2,1-2H3,(H2,18,19,20). The van der Waals surface area contributed by atoms with Crippen molar-refractivity contribution < 1.29 is 8.42 Å². The Morgan fingerprint density at radius 3 is 2.68 bits per heavy atom. The van der Waals surface area contributed by atoms with Crippen LogP contribution in [0.25, 0.3) is 0 Å². The summed E-state index contributed by atoms with van der Waals surface area (Å²) in [7, 11) is -3.18. The number of aliphatic imine (C=N–C) groups is 1. The maximum atomic E-state index is 12.4. The number of guanidine groups is 1. The maximum Gasteiger partial charge on any atom is 0.215 e. The molecular weight excluding hydrogens is 356 g/mol. The molecule has 8 heteroatoms. The van der Waals surface area contributed by atoms with Crippen molar-refractivity contribution in [1.82, 2.24) is 14.9 Å². The van der Waals surface area contributed by atoms with Gasteiger partial charge >= 0.3 is 0 Å². The highest BCUT2D eigenvalue weighted by atomic mass is 32.2. The van der Waals surface area contributed by atoms with E-state index in [4.69, 9.17) is 0 Å². The van der Waals surface area contributed by atoms with Gasteiger partial charge in [0.05, 0.1) is 12.3 Å². The first-order valence-corrected chi connectivity index (χ1v) is 12.4. The van der Waals surface area contributed by atoms with Gasteiger partial charge in [0.25, 0.3) is 0 Å². The summed E-state index contributed by atoms with van der Waals surface area (Å²) < 4.78 is 26.4. The van der Waals surface area contributed by atoms with Crippen LogP contribution >= 0.6 is 11.8 Å². The van der Waals surface area contributed by atoms with Gasteiger partial charge in [-0.1, -0.05) is 26.2 Å². The van der Waals surface area contributed by atoms with Gasteiger partial charge in [-0.2, -0.15) is 11.8 Å². The van der Waals surface area contributed by atoms with E-state index in [1.807, 2.05) is 18.7 Å². The molecule has 2 unspecified atom stereocenters. The van der Waals surface area contributed by atoms with Gasteiger partial charge in [-0.25, -0.2) is 12.7 Å². The fourth-order valence-corrected chi connectivity index (χ4v) is 5.99. The lowest BCUT2D eigenvalue weighted by Gasteiger charge is -2.30. The molecular formula is C17H34N4O2S2. The number of hydrogen-bond acceptors (Lipinski definition) is 4. The van der Waals surface area contributed by atoms with Crippen molar-refractivity contribution in [3.8, 4) is 0 Å². The Kier molecular flexibility index (Phi) is 8.85. The lowest BCUT2D eigenvalue weighted by molar-refractivity contribution is 0.298. The number of hydrogen-bond donors (Lipinski definition) is 2. The van der Waals surface area contributed by atoms with E-state index >= 15 is 0 Å². The second-order valence-electron chi connectivity index (χ2n) is 6.87. The molecule has 1 saturated heterocycles. The third-order valence-corrected chi connectivity index (χ3v) is 7.82. The van der Waals surface area contributed by atoms with E-state index in [1.165, 1.54) is 32.1 Å². The number of rotatable bonds is 7. The molecule has 25 heavy (non-hydrogen) atoms. The zero-order chi connectivity index (χ0) is 18.1. The van der Waals surface area contributed by atoms with Crippen molar-refractivity contribution >= 4 is 27.7 Å². The molecule has 0 spiro atoms. The van der Waals surface area contributed by atoms with Crippen molar-refractivity contribution in [1.29, 1.82) is 0 Å². The first kappa shape index (κ1) is 20.8. The Labute approximate surface area is 157 Å². The van der Waals surface area contributed by atoms with Gasteiger partial charge in [0.1, 0.15) is 0 Å². The maximum absolute atomic E-state index is 12.4. The van der Waals surface area contributed by atoms with E-state index in [0.717, 1.165) is 29.9 Å². The van der Waals surface area contributed by atoms with Crippen LogP contribution < -0.4 is 10.6 Å². The average Bonchev–Trinajstić information content (AvgIpc) is 2.62. The highest BCUT2D eigenvalue weighted by Crippen LogP contribution is 2.26.